The second kappa shape index (κ2) is 7.84. The number of nitrogens with one attached hydrogen (secondary N) is 2. The number of hydrogen-bond donors (Lipinski definition) is 2. The molecule has 0 saturated heterocycles. The van der Waals surface area contributed by atoms with Crippen molar-refractivity contribution in [2.24, 2.45) is 4.99 Å². The SMILES string of the molecule is CN=C(NCc1ccc(Br)cc1)NC(C)c1ccccc1. The molecule has 0 aliphatic carbocycles. The fourth-order valence-electron chi connectivity index (χ4n) is 2.01. The van der Waals surface area contributed by atoms with Crippen LogP contribution in [-0.2, 0) is 6.54 Å². The van der Waals surface area contributed by atoms with Crippen LogP contribution >= 0.6 is 15.9 Å². The fourth-order valence-corrected chi connectivity index (χ4v) is 2.28. The lowest BCUT2D eigenvalue weighted by molar-refractivity contribution is 0.685. The summed E-state index contributed by atoms with van der Waals surface area (Å²) in [6, 6.07) is 18.8. The predicted octanol–water partition coefficient (Wildman–Crippen LogP) is 3.88. The molecular weight excluding hydrogens is 326 g/mol. The van der Waals surface area contributed by atoms with Crippen LogP contribution in [0.1, 0.15) is 24.1 Å². The Hall–Kier alpha value is -1.81. The molecule has 0 saturated carbocycles. The van der Waals surface area contributed by atoms with E-state index in [1.54, 1.807) is 7.05 Å². The Labute approximate surface area is 134 Å². The van der Waals surface area contributed by atoms with Crippen molar-refractivity contribution in [2.75, 3.05) is 7.05 Å². The van der Waals surface area contributed by atoms with Gasteiger partial charge in [-0.2, -0.15) is 0 Å². The molecule has 2 rings (SSSR count). The molecule has 0 bridgehead atoms. The molecule has 21 heavy (non-hydrogen) atoms. The minimum absolute atomic E-state index is 0.210. The molecule has 1 atom stereocenters. The molecule has 0 aliphatic heterocycles. The Kier molecular flexibility index (Phi) is 5.81. The van der Waals surface area contributed by atoms with Crippen molar-refractivity contribution in [3.05, 3.63) is 70.2 Å². The second-order valence-corrected chi connectivity index (χ2v) is 5.74. The van der Waals surface area contributed by atoms with Crippen LogP contribution in [0, 0.1) is 0 Å². The van der Waals surface area contributed by atoms with Gasteiger partial charge in [0.15, 0.2) is 5.96 Å². The smallest absolute Gasteiger partial charge is 0.191 e. The Morgan fingerprint density at radius 2 is 1.76 bits per heavy atom. The predicted molar refractivity (Wildman–Crippen MR) is 92.3 cm³/mol. The third-order valence-electron chi connectivity index (χ3n) is 3.25. The molecule has 1 unspecified atom stereocenters. The number of nitrogens with zero attached hydrogens (tertiary/aromatic N) is 1. The van der Waals surface area contributed by atoms with Crippen molar-refractivity contribution in [3.63, 3.8) is 0 Å². The normalized spacial score (nSPS) is 12.8. The highest BCUT2D eigenvalue weighted by molar-refractivity contribution is 9.10. The van der Waals surface area contributed by atoms with E-state index < -0.39 is 0 Å². The molecule has 2 aromatic carbocycles. The molecule has 2 N–H and O–H groups in total. The molecule has 4 heteroatoms. The minimum Gasteiger partial charge on any atom is -0.352 e. The Morgan fingerprint density at radius 3 is 2.38 bits per heavy atom. The first-order valence-electron chi connectivity index (χ1n) is 6.95. The van der Waals surface area contributed by atoms with Gasteiger partial charge in [-0.1, -0.05) is 58.4 Å². The summed E-state index contributed by atoms with van der Waals surface area (Å²) in [6.45, 7) is 2.87. The van der Waals surface area contributed by atoms with Crippen molar-refractivity contribution in [3.8, 4) is 0 Å². The summed E-state index contributed by atoms with van der Waals surface area (Å²) in [5, 5.41) is 6.72. The number of halogens is 1. The third kappa shape index (κ3) is 4.90. The molecule has 110 valence electrons. The van der Waals surface area contributed by atoms with Crippen molar-refractivity contribution < 1.29 is 0 Å². The standard InChI is InChI=1S/C17H20BrN3/c1-13(15-6-4-3-5-7-15)21-17(19-2)20-12-14-8-10-16(18)11-9-14/h3-11,13H,12H2,1-2H3,(H2,19,20,21). The lowest BCUT2D eigenvalue weighted by atomic mass is 10.1. The minimum atomic E-state index is 0.210. The monoisotopic (exact) mass is 345 g/mol. The van der Waals surface area contributed by atoms with Crippen LogP contribution in [0.5, 0.6) is 0 Å². The van der Waals surface area contributed by atoms with Gasteiger partial charge >= 0.3 is 0 Å². The summed E-state index contributed by atoms with van der Waals surface area (Å²) >= 11 is 3.44. The molecule has 0 radical (unpaired) electrons. The summed E-state index contributed by atoms with van der Waals surface area (Å²) in [5.41, 5.74) is 2.46. The van der Waals surface area contributed by atoms with E-state index >= 15 is 0 Å². The van der Waals surface area contributed by atoms with Crippen LogP contribution < -0.4 is 10.6 Å². The molecule has 0 fully saturated rings. The maximum atomic E-state index is 4.27. The molecule has 3 nitrogen and oxygen atoms in total. The van der Waals surface area contributed by atoms with Crippen LogP contribution in [0.3, 0.4) is 0 Å². The van der Waals surface area contributed by atoms with E-state index in [1.807, 2.05) is 30.3 Å². The zero-order valence-electron chi connectivity index (χ0n) is 12.3. The van der Waals surface area contributed by atoms with Gasteiger partial charge in [-0.15, -0.1) is 0 Å². The average molecular weight is 346 g/mol. The maximum Gasteiger partial charge on any atom is 0.191 e. The van der Waals surface area contributed by atoms with Crippen LogP contribution in [-0.4, -0.2) is 13.0 Å². The summed E-state index contributed by atoms with van der Waals surface area (Å²) in [4.78, 5) is 4.27. The summed E-state index contributed by atoms with van der Waals surface area (Å²) in [5.74, 6) is 0.800. The first kappa shape index (κ1) is 15.6. The van der Waals surface area contributed by atoms with Gasteiger partial charge in [-0.3, -0.25) is 4.99 Å². The van der Waals surface area contributed by atoms with E-state index in [2.05, 4.69) is 62.7 Å². The zero-order chi connectivity index (χ0) is 15.1. The van der Waals surface area contributed by atoms with Crippen LogP contribution in [0.15, 0.2) is 64.1 Å². The molecular formula is C17H20BrN3. The molecule has 0 amide bonds. The zero-order valence-corrected chi connectivity index (χ0v) is 13.9. The van der Waals surface area contributed by atoms with Crippen molar-refractivity contribution >= 4 is 21.9 Å². The Balaban J connectivity index is 1.90. The van der Waals surface area contributed by atoms with Crippen LogP contribution in [0.25, 0.3) is 0 Å². The van der Waals surface area contributed by atoms with E-state index in [0.717, 1.165) is 17.0 Å². The lowest BCUT2D eigenvalue weighted by Gasteiger charge is -2.18. The van der Waals surface area contributed by atoms with Gasteiger partial charge in [0.05, 0.1) is 6.04 Å². The van der Waals surface area contributed by atoms with Gasteiger partial charge in [0.2, 0.25) is 0 Å². The highest BCUT2D eigenvalue weighted by Crippen LogP contribution is 2.12. The first-order chi connectivity index (χ1) is 10.2. The first-order valence-corrected chi connectivity index (χ1v) is 7.75. The number of hydrogen-bond acceptors (Lipinski definition) is 1. The molecule has 2 aromatic rings. The number of rotatable bonds is 4. The highest BCUT2D eigenvalue weighted by atomic mass is 79.9. The summed E-state index contributed by atoms with van der Waals surface area (Å²) in [7, 11) is 1.79. The largest absolute Gasteiger partial charge is 0.352 e. The van der Waals surface area contributed by atoms with Gasteiger partial charge in [0, 0.05) is 18.1 Å². The van der Waals surface area contributed by atoms with Crippen LogP contribution in [0.4, 0.5) is 0 Å². The second-order valence-electron chi connectivity index (χ2n) is 4.83. The Bertz CT molecular complexity index is 579. The van der Waals surface area contributed by atoms with Gasteiger partial charge < -0.3 is 10.6 Å². The van der Waals surface area contributed by atoms with Gasteiger partial charge in [-0.25, -0.2) is 0 Å². The van der Waals surface area contributed by atoms with Crippen molar-refractivity contribution in [1.82, 2.24) is 10.6 Å². The van der Waals surface area contributed by atoms with E-state index in [1.165, 1.54) is 11.1 Å². The fraction of sp³-hybridized carbons (Fsp3) is 0.235. The highest BCUT2D eigenvalue weighted by Gasteiger charge is 2.06. The third-order valence-corrected chi connectivity index (χ3v) is 3.78. The molecule has 0 heterocycles. The van der Waals surface area contributed by atoms with E-state index in [-0.39, 0.29) is 6.04 Å². The molecule has 0 aromatic heterocycles. The summed E-state index contributed by atoms with van der Waals surface area (Å²) in [6.07, 6.45) is 0. The van der Waals surface area contributed by atoms with E-state index in [0.29, 0.717) is 0 Å². The summed E-state index contributed by atoms with van der Waals surface area (Å²) < 4.78 is 1.09. The molecule has 0 spiro atoms. The number of aliphatic imine (C=N–C) groups is 1. The lowest BCUT2D eigenvalue weighted by Crippen LogP contribution is -2.38. The van der Waals surface area contributed by atoms with Crippen molar-refractivity contribution in [2.45, 2.75) is 19.5 Å². The quantitative estimate of drug-likeness (QED) is 0.651. The average Bonchev–Trinajstić information content (AvgIpc) is 2.53. The van der Waals surface area contributed by atoms with E-state index in [9.17, 15) is 0 Å². The van der Waals surface area contributed by atoms with Gasteiger partial charge in [0.1, 0.15) is 0 Å². The van der Waals surface area contributed by atoms with Crippen molar-refractivity contribution in [1.29, 1.82) is 0 Å². The van der Waals surface area contributed by atoms with Crippen LogP contribution in [0.2, 0.25) is 0 Å². The maximum absolute atomic E-state index is 4.27. The molecule has 0 aliphatic rings. The van der Waals surface area contributed by atoms with Gasteiger partial charge in [0.25, 0.3) is 0 Å². The topological polar surface area (TPSA) is 36.4 Å². The van der Waals surface area contributed by atoms with Gasteiger partial charge in [-0.05, 0) is 30.2 Å². The number of benzene rings is 2. The number of guanidine groups is 1. The Morgan fingerprint density at radius 1 is 1.10 bits per heavy atom. The van der Waals surface area contributed by atoms with E-state index in [4.69, 9.17) is 0 Å².